The molecule has 0 saturated heterocycles. The predicted octanol–water partition coefficient (Wildman–Crippen LogP) is 2.25. The van der Waals surface area contributed by atoms with Crippen molar-refractivity contribution in [3.05, 3.63) is 41.5 Å². The molecule has 1 rings (SSSR count). The third kappa shape index (κ3) is 3.98. The van der Waals surface area contributed by atoms with E-state index in [0.717, 1.165) is 18.4 Å². The molecule has 80 valence electrons. The van der Waals surface area contributed by atoms with Gasteiger partial charge >= 0.3 is 0 Å². The quantitative estimate of drug-likeness (QED) is 0.688. The number of carboxylic acids is 1. The number of carbonyl (C=O) groups is 1. The number of hydrogen-bond acceptors (Lipinski definition) is 2. The topological polar surface area (TPSA) is 40.1 Å². The first-order valence-corrected chi connectivity index (χ1v) is 5.22. The van der Waals surface area contributed by atoms with Crippen LogP contribution >= 0.6 is 0 Å². The maximum atomic E-state index is 10.6. The van der Waals surface area contributed by atoms with E-state index in [1.807, 2.05) is 12.1 Å². The van der Waals surface area contributed by atoms with Crippen LogP contribution in [0.2, 0.25) is 0 Å². The Morgan fingerprint density at radius 2 is 2.27 bits per heavy atom. The molecule has 0 aromatic heterocycles. The Hall–Kier alpha value is -1.57. The summed E-state index contributed by atoms with van der Waals surface area (Å²) in [7, 11) is 0. The van der Waals surface area contributed by atoms with Crippen molar-refractivity contribution in [3.8, 4) is 0 Å². The number of benzene rings is 1. The molecule has 0 aliphatic carbocycles. The number of allylic oxidation sites excluding steroid dienone is 1. The third-order valence-electron chi connectivity index (χ3n) is 2.16. The molecule has 0 radical (unpaired) electrons. The van der Waals surface area contributed by atoms with Gasteiger partial charge < -0.3 is 9.90 Å². The summed E-state index contributed by atoms with van der Waals surface area (Å²) >= 11 is 0. The third-order valence-corrected chi connectivity index (χ3v) is 2.16. The van der Waals surface area contributed by atoms with Crippen molar-refractivity contribution in [1.29, 1.82) is 0 Å². The molecule has 0 unspecified atom stereocenters. The fourth-order valence-corrected chi connectivity index (χ4v) is 1.31. The van der Waals surface area contributed by atoms with Gasteiger partial charge in [0.15, 0.2) is 0 Å². The van der Waals surface area contributed by atoms with E-state index in [2.05, 4.69) is 13.0 Å². The molecule has 0 atom stereocenters. The Morgan fingerprint density at radius 3 is 2.93 bits per heavy atom. The van der Waals surface area contributed by atoms with Crippen molar-refractivity contribution in [2.45, 2.75) is 26.2 Å². The lowest BCUT2D eigenvalue weighted by molar-refractivity contribution is -0.255. The van der Waals surface area contributed by atoms with Crippen molar-refractivity contribution in [3.63, 3.8) is 0 Å². The Balaban J connectivity index is 2.65. The minimum atomic E-state index is -1.13. The largest absolute Gasteiger partial charge is 0.545 e. The summed E-state index contributed by atoms with van der Waals surface area (Å²) < 4.78 is 0. The highest BCUT2D eigenvalue weighted by molar-refractivity contribution is 5.86. The lowest BCUT2D eigenvalue weighted by Gasteiger charge is -2.02. The molecule has 2 nitrogen and oxygen atoms in total. The second-order valence-corrected chi connectivity index (χ2v) is 3.46. The Bertz CT molecular complexity index is 353. The summed E-state index contributed by atoms with van der Waals surface area (Å²) in [5, 5.41) is 10.6. The maximum absolute atomic E-state index is 10.6. The summed E-state index contributed by atoms with van der Waals surface area (Å²) in [4.78, 5) is 10.6. The SMILES string of the molecule is CCCC/C=C/c1cccc(C(=O)[O-])c1. The second-order valence-electron chi connectivity index (χ2n) is 3.46. The van der Waals surface area contributed by atoms with E-state index >= 15 is 0 Å². The van der Waals surface area contributed by atoms with Crippen LogP contribution in [0.25, 0.3) is 6.08 Å². The fraction of sp³-hybridized carbons (Fsp3) is 0.308. The summed E-state index contributed by atoms with van der Waals surface area (Å²) in [5.41, 5.74) is 1.14. The highest BCUT2D eigenvalue weighted by Gasteiger charge is 1.93. The predicted molar refractivity (Wildman–Crippen MR) is 59.3 cm³/mol. The molecule has 0 fully saturated rings. The van der Waals surface area contributed by atoms with E-state index in [0.29, 0.717) is 0 Å². The Labute approximate surface area is 90.3 Å². The van der Waals surface area contributed by atoms with Gasteiger partial charge in [-0.15, -0.1) is 0 Å². The molecule has 0 aliphatic rings. The summed E-state index contributed by atoms with van der Waals surface area (Å²) in [6.07, 6.45) is 7.38. The smallest absolute Gasteiger partial charge is 0.0715 e. The van der Waals surface area contributed by atoms with Crippen LogP contribution in [0.15, 0.2) is 30.3 Å². The van der Waals surface area contributed by atoms with Crippen LogP contribution in [-0.2, 0) is 0 Å². The number of rotatable bonds is 5. The second kappa shape index (κ2) is 6.02. The molecule has 0 saturated carbocycles. The first-order valence-electron chi connectivity index (χ1n) is 5.22. The lowest BCUT2D eigenvalue weighted by atomic mass is 10.1. The van der Waals surface area contributed by atoms with Crippen molar-refractivity contribution in [1.82, 2.24) is 0 Å². The zero-order chi connectivity index (χ0) is 11.1. The first-order chi connectivity index (χ1) is 7.24. The van der Waals surface area contributed by atoms with Crippen LogP contribution in [0.5, 0.6) is 0 Å². The molecule has 0 amide bonds. The Kier molecular flexibility index (Phi) is 4.61. The molecule has 1 aromatic rings. The molecule has 0 aliphatic heterocycles. The highest BCUT2D eigenvalue weighted by Crippen LogP contribution is 2.07. The van der Waals surface area contributed by atoms with Crippen LogP contribution in [-0.4, -0.2) is 5.97 Å². The van der Waals surface area contributed by atoms with Gasteiger partial charge in [-0.25, -0.2) is 0 Å². The van der Waals surface area contributed by atoms with Gasteiger partial charge in [-0.3, -0.25) is 0 Å². The van der Waals surface area contributed by atoms with E-state index in [4.69, 9.17) is 0 Å². The molecule has 0 heterocycles. The molecule has 1 aromatic carbocycles. The molecule has 0 bridgehead atoms. The van der Waals surface area contributed by atoms with Crippen LogP contribution < -0.4 is 5.11 Å². The zero-order valence-electron chi connectivity index (χ0n) is 8.90. The molecular weight excluding hydrogens is 188 g/mol. The molecule has 0 spiro atoms. The van der Waals surface area contributed by atoms with Gasteiger partial charge in [0, 0.05) is 0 Å². The van der Waals surface area contributed by atoms with E-state index in [-0.39, 0.29) is 5.56 Å². The van der Waals surface area contributed by atoms with Crippen molar-refractivity contribution < 1.29 is 9.90 Å². The summed E-state index contributed by atoms with van der Waals surface area (Å²) in [5.74, 6) is -1.13. The number of carbonyl (C=O) groups excluding carboxylic acids is 1. The van der Waals surface area contributed by atoms with Crippen LogP contribution in [0.3, 0.4) is 0 Å². The number of unbranched alkanes of at least 4 members (excludes halogenated alkanes) is 2. The van der Waals surface area contributed by atoms with Gasteiger partial charge in [0.1, 0.15) is 0 Å². The molecule has 15 heavy (non-hydrogen) atoms. The van der Waals surface area contributed by atoms with Gasteiger partial charge in [0.25, 0.3) is 0 Å². The van der Waals surface area contributed by atoms with Crippen molar-refractivity contribution >= 4 is 12.0 Å². The molecule has 2 heteroatoms. The fourth-order valence-electron chi connectivity index (χ4n) is 1.31. The monoisotopic (exact) mass is 203 g/mol. The van der Waals surface area contributed by atoms with Crippen LogP contribution in [0, 0.1) is 0 Å². The minimum Gasteiger partial charge on any atom is -0.545 e. The van der Waals surface area contributed by atoms with Gasteiger partial charge in [0.05, 0.1) is 5.97 Å². The zero-order valence-corrected chi connectivity index (χ0v) is 8.90. The van der Waals surface area contributed by atoms with E-state index in [9.17, 15) is 9.90 Å². The first kappa shape index (κ1) is 11.5. The van der Waals surface area contributed by atoms with E-state index in [1.54, 1.807) is 18.2 Å². The summed E-state index contributed by atoms with van der Waals surface area (Å²) in [6.45, 7) is 2.14. The average Bonchev–Trinajstić information content (AvgIpc) is 2.25. The summed E-state index contributed by atoms with van der Waals surface area (Å²) in [6, 6.07) is 6.77. The van der Waals surface area contributed by atoms with Crippen LogP contribution in [0.4, 0.5) is 0 Å². The van der Waals surface area contributed by atoms with Crippen molar-refractivity contribution in [2.75, 3.05) is 0 Å². The van der Waals surface area contributed by atoms with E-state index < -0.39 is 5.97 Å². The van der Waals surface area contributed by atoms with Gasteiger partial charge in [0.2, 0.25) is 0 Å². The van der Waals surface area contributed by atoms with Gasteiger partial charge in [-0.05, 0) is 23.6 Å². The number of hydrogen-bond donors (Lipinski definition) is 0. The molecular formula is C13H15O2-. The Morgan fingerprint density at radius 1 is 1.47 bits per heavy atom. The standard InChI is InChI=1S/C13H16O2/c1-2-3-4-5-7-11-8-6-9-12(10-11)13(14)15/h5-10H,2-4H2,1H3,(H,14,15)/p-1/b7-5+. The molecule has 0 N–H and O–H groups in total. The van der Waals surface area contributed by atoms with Gasteiger partial charge in [-0.1, -0.05) is 50.1 Å². The number of carboxylic acid groups (broad SMARTS) is 1. The number of aromatic carboxylic acids is 1. The van der Waals surface area contributed by atoms with Crippen LogP contribution in [0.1, 0.15) is 42.1 Å². The highest BCUT2D eigenvalue weighted by atomic mass is 16.4. The van der Waals surface area contributed by atoms with E-state index in [1.165, 1.54) is 6.42 Å². The minimum absolute atomic E-state index is 0.229. The average molecular weight is 203 g/mol. The normalized spacial score (nSPS) is 10.7. The van der Waals surface area contributed by atoms with Crippen molar-refractivity contribution in [2.24, 2.45) is 0 Å². The van der Waals surface area contributed by atoms with Gasteiger partial charge in [-0.2, -0.15) is 0 Å². The maximum Gasteiger partial charge on any atom is 0.0715 e. The lowest BCUT2D eigenvalue weighted by Crippen LogP contribution is -2.22.